The van der Waals surface area contributed by atoms with E-state index in [1.165, 1.54) is 25.1 Å². The zero-order valence-electron chi connectivity index (χ0n) is 14.4. The summed E-state index contributed by atoms with van der Waals surface area (Å²) < 4.78 is 18.0. The highest BCUT2D eigenvalue weighted by Crippen LogP contribution is 2.13. The van der Waals surface area contributed by atoms with Crippen LogP contribution in [0, 0.1) is 5.82 Å². The van der Waals surface area contributed by atoms with Gasteiger partial charge in [-0.1, -0.05) is 35.9 Å². The van der Waals surface area contributed by atoms with E-state index in [0.29, 0.717) is 5.02 Å². The Morgan fingerprint density at radius 2 is 1.69 bits per heavy atom. The van der Waals surface area contributed by atoms with Gasteiger partial charge in [0.1, 0.15) is 5.82 Å². The molecule has 1 amide bonds. The maximum atomic E-state index is 12.9. The predicted molar refractivity (Wildman–Crippen MR) is 99.0 cm³/mol. The fourth-order valence-electron chi connectivity index (χ4n) is 2.17. The molecule has 0 saturated carbocycles. The Morgan fingerprint density at radius 1 is 1.08 bits per heavy atom. The van der Waals surface area contributed by atoms with Gasteiger partial charge in [-0.15, -0.1) is 0 Å². The SMILES string of the molecule is CC(OC(=O)/C=C/c1ccc(Cl)cc1)C(=O)NC(C)c1ccc(F)cc1. The smallest absolute Gasteiger partial charge is 0.331 e. The van der Waals surface area contributed by atoms with Crippen LogP contribution in [0.5, 0.6) is 0 Å². The fourth-order valence-corrected chi connectivity index (χ4v) is 2.30. The Hall–Kier alpha value is -2.66. The molecule has 0 fully saturated rings. The topological polar surface area (TPSA) is 55.4 Å². The van der Waals surface area contributed by atoms with E-state index in [1.54, 1.807) is 49.4 Å². The highest BCUT2D eigenvalue weighted by molar-refractivity contribution is 6.30. The summed E-state index contributed by atoms with van der Waals surface area (Å²) in [5.74, 6) is -1.41. The molecule has 1 N–H and O–H groups in total. The second-order valence-electron chi connectivity index (χ2n) is 5.75. The largest absolute Gasteiger partial charge is 0.449 e. The Morgan fingerprint density at radius 3 is 2.31 bits per heavy atom. The molecule has 2 unspecified atom stereocenters. The standard InChI is InChI=1S/C20H19ClFNO3/c1-13(16-6-10-18(22)11-7-16)23-20(25)14(2)26-19(24)12-5-15-3-8-17(21)9-4-15/h3-14H,1-2H3,(H,23,25)/b12-5+. The number of nitrogens with one attached hydrogen (secondary N) is 1. The average Bonchev–Trinajstić information content (AvgIpc) is 2.61. The number of hydrogen-bond donors (Lipinski definition) is 1. The van der Waals surface area contributed by atoms with Crippen LogP contribution in [0.4, 0.5) is 4.39 Å². The number of carbonyl (C=O) groups is 2. The quantitative estimate of drug-likeness (QED) is 0.605. The van der Waals surface area contributed by atoms with Crippen LogP contribution in [0.2, 0.25) is 5.02 Å². The molecular formula is C20H19ClFNO3. The van der Waals surface area contributed by atoms with Gasteiger partial charge in [-0.3, -0.25) is 4.79 Å². The van der Waals surface area contributed by atoms with Crippen LogP contribution in [0.25, 0.3) is 6.08 Å². The third kappa shape index (κ3) is 6.01. The fraction of sp³-hybridized carbons (Fsp3) is 0.200. The van der Waals surface area contributed by atoms with Gasteiger partial charge in [0.2, 0.25) is 0 Å². The minimum absolute atomic E-state index is 0.339. The lowest BCUT2D eigenvalue weighted by Gasteiger charge is -2.17. The van der Waals surface area contributed by atoms with Gasteiger partial charge in [-0.05, 0) is 55.3 Å². The van der Waals surface area contributed by atoms with Gasteiger partial charge in [-0.2, -0.15) is 0 Å². The van der Waals surface area contributed by atoms with Crippen molar-refractivity contribution >= 4 is 29.6 Å². The van der Waals surface area contributed by atoms with Crippen molar-refractivity contribution in [3.63, 3.8) is 0 Å². The lowest BCUT2D eigenvalue weighted by molar-refractivity contribution is -0.150. The molecule has 2 rings (SSSR count). The molecular weight excluding hydrogens is 357 g/mol. The molecule has 136 valence electrons. The molecule has 0 spiro atoms. The first-order valence-electron chi connectivity index (χ1n) is 8.05. The number of rotatable bonds is 6. The molecule has 0 aromatic heterocycles. The van der Waals surface area contributed by atoms with E-state index in [0.717, 1.165) is 11.1 Å². The highest BCUT2D eigenvalue weighted by atomic mass is 35.5. The second kappa shape index (κ2) is 9.15. The molecule has 0 aliphatic carbocycles. The summed E-state index contributed by atoms with van der Waals surface area (Å²) in [6.45, 7) is 3.25. The van der Waals surface area contributed by atoms with Gasteiger partial charge < -0.3 is 10.1 Å². The van der Waals surface area contributed by atoms with Crippen molar-refractivity contribution in [2.75, 3.05) is 0 Å². The van der Waals surface area contributed by atoms with Crippen LogP contribution in [0.1, 0.15) is 31.0 Å². The third-order valence-electron chi connectivity index (χ3n) is 3.67. The van der Waals surface area contributed by atoms with Crippen molar-refractivity contribution in [2.24, 2.45) is 0 Å². The average molecular weight is 376 g/mol. The Balaban J connectivity index is 1.86. The highest BCUT2D eigenvalue weighted by Gasteiger charge is 2.19. The first-order valence-corrected chi connectivity index (χ1v) is 8.43. The third-order valence-corrected chi connectivity index (χ3v) is 3.92. The van der Waals surface area contributed by atoms with Crippen molar-refractivity contribution < 1.29 is 18.7 Å². The molecule has 2 aromatic rings. The van der Waals surface area contributed by atoms with Crippen LogP contribution in [0.3, 0.4) is 0 Å². The summed E-state index contributed by atoms with van der Waals surface area (Å²) in [7, 11) is 0. The number of benzene rings is 2. The van der Waals surface area contributed by atoms with Gasteiger partial charge in [0.15, 0.2) is 6.10 Å². The molecule has 0 saturated heterocycles. The normalized spacial score (nSPS) is 13.2. The summed E-state index contributed by atoms with van der Waals surface area (Å²) in [5, 5.41) is 3.33. The number of carbonyl (C=O) groups excluding carboxylic acids is 2. The molecule has 2 aromatic carbocycles. The Bertz CT molecular complexity index is 788. The van der Waals surface area contributed by atoms with E-state index in [4.69, 9.17) is 16.3 Å². The molecule has 0 aliphatic rings. The van der Waals surface area contributed by atoms with Crippen LogP contribution in [-0.4, -0.2) is 18.0 Å². The predicted octanol–water partition coefficient (Wildman–Crippen LogP) is 4.30. The van der Waals surface area contributed by atoms with E-state index in [9.17, 15) is 14.0 Å². The summed E-state index contributed by atoms with van der Waals surface area (Å²) in [5.41, 5.74) is 1.54. The monoisotopic (exact) mass is 375 g/mol. The molecule has 0 aliphatic heterocycles. The summed E-state index contributed by atoms with van der Waals surface area (Å²) in [6, 6.07) is 12.4. The molecule has 0 bridgehead atoms. The Labute approximate surface area is 156 Å². The van der Waals surface area contributed by atoms with E-state index in [1.807, 2.05) is 0 Å². The van der Waals surface area contributed by atoms with Crippen LogP contribution in [-0.2, 0) is 14.3 Å². The summed E-state index contributed by atoms with van der Waals surface area (Å²) in [6.07, 6.45) is 1.86. The van der Waals surface area contributed by atoms with Crippen molar-refractivity contribution in [1.82, 2.24) is 5.32 Å². The van der Waals surface area contributed by atoms with Crippen molar-refractivity contribution in [2.45, 2.75) is 26.0 Å². The maximum absolute atomic E-state index is 12.9. The number of halogens is 2. The zero-order chi connectivity index (χ0) is 19.1. The molecule has 26 heavy (non-hydrogen) atoms. The van der Waals surface area contributed by atoms with Crippen molar-refractivity contribution in [1.29, 1.82) is 0 Å². The van der Waals surface area contributed by atoms with Crippen molar-refractivity contribution in [3.05, 3.63) is 76.6 Å². The van der Waals surface area contributed by atoms with Crippen LogP contribution in [0.15, 0.2) is 54.6 Å². The Kier molecular flexibility index (Phi) is 6.92. The lowest BCUT2D eigenvalue weighted by Crippen LogP contribution is -2.37. The van der Waals surface area contributed by atoms with Gasteiger partial charge in [0, 0.05) is 11.1 Å². The molecule has 0 heterocycles. The van der Waals surface area contributed by atoms with Crippen LogP contribution < -0.4 is 5.32 Å². The first-order chi connectivity index (χ1) is 12.3. The lowest BCUT2D eigenvalue weighted by atomic mass is 10.1. The van der Waals surface area contributed by atoms with E-state index < -0.39 is 18.0 Å². The number of ether oxygens (including phenoxy) is 1. The molecule has 4 nitrogen and oxygen atoms in total. The minimum Gasteiger partial charge on any atom is -0.449 e. The van der Waals surface area contributed by atoms with Crippen molar-refractivity contribution in [3.8, 4) is 0 Å². The van der Waals surface area contributed by atoms with E-state index in [2.05, 4.69) is 5.32 Å². The molecule has 2 atom stereocenters. The second-order valence-corrected chi connectivity index (χ2v) is 6.18. The van der Waals surface area contributed by atoms with Gasteiger partial charge in [-0.25, -0.2) is 9.18 Å². The number of esters is 1. The zero-order valence-corrected chi connectivity index (χ0v) is 15.2. The maximum Gasteiger partial charge on any atom is 0.331 e. The van der Waals surface area contributed by atoms with Gasteiger partial charge in [0.25, 0.3) is 5.91 Å². The van der Waals surface area contributed by atoms with E-state index >= 15 is 0 Å². The minimum atomic E-state index is -0.958. The first kappa shape index (κ1) is 19.7. The van der Waals surface area contributed by atoms with E-state index in [-0.39, 0.29) is 11.9 Å². The summed E-state index contributed by atoms with van der Waals surface area (Å²) in [4.78, 5) is 24.0. The van der Waals surface area contributed by atoms with Gasteiger partial charge >= 0.3 is 5.97 Å². The van der Waals surface area contributed by atoms with Crippen LogP contribution >= 0.6 is 11.6 Å². The summed E-state index contributed by atoms with van der Waals surface area (Å²) >= 11 is 5.79. The molecule has 6 heteroatoms. The van der Waals surface area contributed by atoms with Gasteiger partial charge in [0.05, 0.1) is 6.04 Å². The number of amides is 1. The molecule has 0 radical (unpaired) electrons. The number of hydrogen-bond acceptors (Lipinski definition) is 3.